The molecule has 6 rings (SSSR count). The average molecular weight is 763 g/mol. The van der Waals surface area contributed by atoms with Gasteiger partial charge in [0.25, 0.3) is 0 Å². The Balaban J connectivity index is 1.03. The Hall–Kier alpha value is -3.04. The molecule has 0 aliphatic carbocycles. The summed E-state index contributed by atoms with van der Waals surface area (Å²) in [4.78, 5) is 25.5. The predicted molar refractivity (Wildman–Crippen MR) is 176 cm³/mol. The van der Waals surface area contributed by atoms with Gasteiger partial charge in [0.05, 0.1) is 25.9 Å². The van der Waals surface area contributed by atoms with Crippen LogP contribution in [-0.2, 0) is 27.7 Å². The van der Waals surface area contributed by atoms with Crippen molar-refractivity contribution in [3.8, 4) is 0 Å². The highest BCUT2D eigenvalue weighted by Gasteiger charge is 2.52. The second-order valence-electron chi connectivity index (χ2n) is 10.7. The first-order valence-electron chi connectivity index (χ1n) is 14.7. The van der Waals surface area contributed by atoms with Crippen molar-refractivity contribution in [3.63, 3.8) is 0 Å². The predicted octanol–water partition coefficient (Wildman–Crippen LogP) is 2.84. The molecule has 2 fully saturated rings. The molecule has 0 saturated carbocycles. The standard InChI is InChI=1S/C25H28F2N10O8P2S2/c26-14-18(44-46(40)48)12(6-38)42-24(14)36-10-34-16-20(30-8-32-22(16)36)28-4-2-1-3-5-29-21-17-23(33-9-31-21)37(11-35-17)25-15(27)19(45-47(41)49)13(7-39)43-25/h1-2,8-15,18-19,24-25,38-39H,3-7H2,(H2-2,28,29,30,31,32,33,40,41,48,49)/p+2/b2-1+/t12?,13?,14-,15-,18?,19-,24?,25?/m1/s1. The number of nitrogens with one attached hydrogen (secondary N) is 2. The first-order chi connectivity index (χ1) is 23.7. The molecule has 0 radical (unpaired) electrons. The molecular weight excluding hydrogens is 732 g/mol. The summed E-state index contributed by atoms with van der Waals surface area (Å²) in [5.41, 5.74) is 1.30. The van der Waals surface area contributed by atoms with E-state index >= 15 is 8.78 Å². The van der Waals surface area contributed by atoms with Gasteiger partial charge < -0.3 is 30.3 Å². The van der Waals surface area contributed by atoms with Crippen LogP contribution in [0.3, 0.4) is 0 Å². The summed E-state index contributed by atoms with van der Waals surface area (Å²) in [7, 11) is -4.85. The van der Waals surface area contributed by atoms with Crippen molar-refractivity contribution in [2.24, 2.45) is 0 Å². The van der Waals surface area contributed by atoms with E-state index in [0.29, 0.717) is 42.2 Å². The maximum absolute atomic E-state index is 15.2. The van der Waals surface area contributed by atoms with Crippen LogP contribution in [-0.4, -0.2) is 112 Å². The minimum Gasteiger partial charge on any atom is -0.394 e. The highest BCUT2D eigenvalue weighted by Crippen LogP contribution is 2.42. The lowest BCUT2D eigenvalue weighted by molar-refractivity contribution is -0.0427. The van der Waals surface area contributed by atoms with E-state index in [-0.39, 0.29) is 11.3 Å². The van der Waals surface area contributed by atoms with Gasteiger partial charge in [-0.2, -0.15) is 0 Å². The van der Waals surface area contributed by atoms with Crippen molar-refractivity contribution in [1.29, 1.82) is 0 Å². The molecule has 0 spiro atoms. The van der Waals surface area contributed by atoms with Gasteiger partial charge in [-0.05, 0) is 15.6 Å². The molecule has 262 valence electrons. The number of nitrogens with zero attached hydrogens (tertiary/aromatic N) is 8. The van der Waals surface area contributed by atoms with Gasteiger partial charge >= 0.3 is 14.5 Å². The summed E-state index contributed by atoms with van der Waals surface area (Å²) in [5, 5.41) is 25.5. The fourth-order valence-electron chi connectivity index (χ4n) is 5.56. The van der Waals surface area contributed by atoms with E-state index in [2.05, 4.69) is 65.0 Å². The molecule has 6 heterocycles. The third kappa shape index (κ3) is 7.53. The number of hydrogen-bond donors (Lipinski definition) is 6. The maximum Gasteiger partial charge on any atom is 0.582 e. The normalized spacial score (nSPS) is 27.8. The Bertz CT molecular complexity index is 1840. The van der Waals surface area contributed by atoms with Gasteiger partial charge in [0.1, 0.15) is 49.4 Å². The van der Waals surface area contributed by atoms with Crippen LogP contribution in [0.5, 0.6) is 0 Å². The number of halogens is 2. The summed E-state index contributed by atoms with van der Waals surface area (Å²) >= 11 is 7.35. The fraction of sp³-hybridized carbons (Fsp3) is 0.520. The second-order valence-corrected chi connectivity index (χ2v) is 14.0. The highest BCUT2D eigenvalue weighted by molar-refractivity contribution is 8.39. The zero-order valence-electron chi connectivity index (χ0n) is 25.1. The van der Waals surface area contributed by atoms with Crippen LogP contribution in [0.4, 0.5) is 20.4 Å². The zero-order valence-corrected chi connectivity index (χ0v) is 28.7. The Morgan fingerprint density at radius 1 is 0.796 bits per heavy atom. The topological polar surface area (TPSA) is 223 Å². The summed E-state index contributed by atoms with van der Waals surface area (Å²) in [6.45, 7) is -0.261. The number of hydrogen-bond acceptors (Lipinski definition) is 16. The molecule has 49 heavy (non-hydrogen) atoms. The van der Waals surface area contributed by atoms with Crippen LogP contribution >= 0.6 is 39.0 Å². The first-order valence-corrected chi connectivity index (χ1v) is 19.3. The Kier molecular flexibility index (Phi) is 11.6. The number of thiol groups is 2. The summed E-state index contributed by atoms with van der Waals surface area (Å²) < 4.78 is 77.4. The zero-order chi connectivity index (χ0) is 34.7. The van der Waals surface area contributed by atoms with Crippen LogP contribution in [0, 0.1) is 0 Å². The summed E-state index contributed by atoms with van der Waals surface area (Å²) in [5.74, 6) is 0.810. The van der Waals surface area contributed by atoms with Gasteiger partial charge in [-0.3, -0.25) is 9.13 Å². The van der Waals surface area contributed by atoms with Crippen molar-refractivity contribution >= 4 is 72.9 Å². The molecule has 4 N–H and O–H groups in total. The van der Waals surface area contributed by atoms with E-state index in [1.54, 1.807) is 0 Å². The number of imidazole rings is 2. The van der Waals surface area contributed by atoms with Crippen molar-refractivity contribution in [1.82, 2.24) is 39.0 Å². The largest absolute Gasteiger partial charge is 0.582 e. The Morgan fingerprint density at radius 3 is 1.76 bits per heavy atom. The number of aromatic nitrogens is 8. The number of ether oxygens (including phenoxy) is 2. The molecule has 7 unspecified atom stereocenters. The average Bonchev–Trinajstić information content (AvgIpc) is 3.85. The van der Waals surface area contributed by atoms with Gasteiger partial charge in [-0.25, -0.2) is 38.7 Å². The molecule has 0 amide bonds. The lowest BCUT2D eigenvalue weighted by atomic mass is 10.1. The monoisotopic (exact) mass is 762 g/mol. The fourth-order valence-corrected chi connectivity index (χ4v) is 7.13. The second kappa shape index (κ2) is 15.9. The maximum atomic E-state index is 15.2. The van der Waals surface area contributed by atoms with Crippen LogP contribution in [0.1, 0.15) is 18.9 Å². The molecule has 10 atom stereocenters. The molecule has 24 heteroatoms. The van der Waals surface area contributed by atoms with Gasteiger partial charge in [-0.15, -0.1) is 9.05 Å². The van der Waals surface area contributed by atoms with Crippen LogP contribution < -0.4 is 10.6 Å². The quantitative estimate of drug-likeness (QED) is 0.0444. The third-order valence-corrected chi connectivity index (χ3v) is 9.15. The number of aliphatic hydroxyl groups excluding tert-OH is 2. The van der Waals surface area contributed by atoms with E-state index in [4.69, 9.17) is 18.5 Å². The van der Waals surface area contributed by atoms with Gasteiger partial charge in [0.15, 0.2) is 71.0 Å². The molecule has 4 aromatic rings. The lowest BCUT2D eigenvalue weighted by Crippen LogP contribution is -2.31. The molecule has 4 aromatic heterocycles. The number of rotatable bonds is 15. The smallest absolute Gasteiger partial charge is 0.394 e. The lowest BCUT2D eigenvalue weighted by Gasteiger charge is -2.15. The van der Waals surface area contributed by atoms with Crippen LogP contribution in [0.2, 0.25) is 0 Å². The van der Waals surface area contributed by atoms with E-state index in [0.717, 1.165) is 0 Å². The van der Waals surface area contributed by atoms with Gasteiger partial charge in [0, 0.05) is 13.1 Å². The third-order valence-electron chi connectivity index (χ3n) is 7.74. The molecule has 0 bridgehead atoms. The molecule has 18 nitrogen and oxygen atoms in total. The number of fused-ring (bicyclic) bond motifs is 2. The van der Waals surface area contributed by atoms with Crippen molar-refractivity contribution in [2.75, 3.05) is 36.9 Å². The number of aliphatic hydroxyl groups is 2. The molecule has 0 aromatic carbocycles. The minimum absolute atomic E-state index is 0.280. The van der Waals surface area contributed by atoms with E-state index in [9.17, 15) is 19.3 Å². The first kappa shape index (κ1) is 35.8. The number of anilines is 2. The highest BCUT2D eigenvalue weighted by atomic mass is 32.7. The van der Waals surface area contributed by atoms with Crippen LogP contribution in [0.25, 0.3) is 22.3 Å². The Labute approximate surface area is 288 Å². The SMILES string of the molecule is O=[P+](S)OC1C(CO)OC(n2cnc3c(NC/C=C/CCNc4ncnc5c4ncn5C4OC(CO)[C@@H](O[P+](=O)S)[C@H]4F)ncnc32)[C@@H]1F. The molecular formula is C25H30F2N10O8P2S2+2. The van der Waals surface area contributed by atoms with E-state index in [1.807, 2.05) is 12.2 Å². The minimum atomic E-state index is -2.43. The van der Waals surface area contributed by atoms with Gasteiger partial charge in [-0.1, -0.05) is 12.2 Å². The Morgan fingerprint density at radius 2 is 1.29 bits per heavy atom. The van der Waals surface area contributed by atoms with Crippen molar-refractivity contribution < 1.29 is 46.6 Å². The molecule has 2 aliphatic rings. The number of alkyl halides is 2. The molecule has 2 aliphatic heterocycles. The summed E-state index contributed by atoms with van der Waals surface area (Å²) in [6.07, 6.45) is -1.06. The van der Waals surface area contributed by atoms with Crippen molar-refractivity contribution in [2.45, 2.75) is 55.6 Å². The van der Waals surface area contributed by atoms with Crippen molar-refractivity contribution in [3.05, 3.63) is 37.5 Å². The molecule has 2 saturated heterocycles. The van der Waals surface area contributed by atoms with Gasteiger partial charge in [0.2, 0.25) is 0 Å². The van der Waals surface area contributed by atoms with Crippen LogP contribution in [0.15, 0.2) is 37.5 Å². The van der Waals surface area contributed by atoms with E-state index < -0.39 is 76.9 Å². The summed E-state index contributed by atoms with van der Waals surface area (Å²) in [6, 6.07) is 0. The van der Waals surface area contributed by atoms with E-state index in [1.165, 1.54) is 34.4 Å².